The molecule has 0 radical (unpaired) electrons. The highest BCUT2D eigenvalue weighted by atomic mass is 16.5. The second kappa shape index (κ2) is 7.22. The summed E-state index contributed by atoms with van der Waals surface area (Å²) in [4.78, 5) is 12.5. The molecule has 0 saturated heterocycles. The van der Waals surface area contributed by atoms with Gasteiger partial charge in [0.15, 0.2) is 0 Å². The number of rotatable bonds is 6. The van der Waals surface area contributed by atoms with Gasteiger partial charge in [0.05, 0.1) is 5.69 Å². The zero-order chi connectivity index (χ0) is 16.1. The number of aromatic nitrogens is 1. The monoisotopic (exact) mass is 301 g/mol. The Kier molecular flexibility index (Phi) is 5.33. The molecule has 0 aliphatic carbocycles. The van der Waals surface area contributed by atoms with Gasteiger partial charge in [-0.1, -0.05) is 35.5 Å². The van der Waals surface area contributed by atoms with Crippen LogP contribution in [0.15, 0.2) is 34.9 Å². The molecule has 1 heterocycles. The van der Waals surface area contributed by atoms with E-state index in [2.05, 4.69) is 15.8 Å². The van der Waals surface area contributed by atoms with Gasteiger partial charge < -0.3 is 9.84 Å². The normalized spacial score (nSPS) is 12.4. The predicted molar refractivity (Wildman–Crippen MR) is 85.3 cm³/mol. The SMILES string of the molecule is Cc1noc(C)c1CN[C@@H](C(=O)NC(C)C)c1ccccc1. The molecule has 1 atom stereocenters. The standard InChI is InChI=1S/C17H23N3O2/c1-11(2)19-17(21)16(14-8-6-5-7-9-14)18-10-15-12(3)20-22-13(15)4/h5-9,11,16,18H,10H2,1-4H3,(H,19,21)/t16-/m1/s1. The molecule has 2 N–H and O–H groups in total. The zero-order valence-electron chi connectivity index (χ0n) is 13.5. The molecule has 5 heteroatoms. The van der Waals surface area contributed by atoms with Gasteiger partial charge in [0.1, 0.15) is 11.8 Å². The lowest BCUT2D eigenvalue weighted by atomic mass is 10.0. The van der Waals surface area contributed by atoms with Crippen LogP contribution in [0.5, 0.6) is 0 Å². The van der Waals surface area contributed by atoms with Gasteiger partial charge in [0, 0.05) is 18.2 Å². The zero-order valence-corrected chi connectivity index (χ0v) is 13.5. The summed E-state index contributed by atoms with van der Waals surface area (Å²) in [6.07, 6.45) is 0. The Morgan fingerprint density at radius 3 is 2.45 bits per heavy atom. The fraction of sp³-hybridized carbons (Fsp3) is 0.412. The average Bonchev–Trinajstić information content (AvgIpc) is 2.79. The molecule has 1 aromatic carbocycles. The van der Waals surface area contributed by atoms with Crippen molar-refractivity contribution in [3.8, 4) is 0 Å². The predicted octanol–water partition coefficient (Wildman–Crippen LogP) is 2.65. The van der Waals surface area contributed by atoms with Crippen LogP contribution in [0.2, 0.25) is 0 Å². The lowest BCUT2D eigenvalue weighted by molar-refractivity contribution is -0.123. The number of carbonyl (C=O) groups excluding carboxylic acids is 1. The Morgan fingerprint density at radius 1 is 1.23 bits per heavy atom. The Labute approximate surface area is 131 Å². The van der Waals surface area contributed by atoms with E-state index < -0.39 is 6.04 Å². The van der Waals surface area contributed by atoms with Crippen molar-refractivity contribution >= 4 is 5.91 Å². The third-order valence-corrected chi connectivity index (χ3v) is 3.49. The van der Waals surface area contributed by atoms with E-state index in [1.54, 1.807) is 0 Å². The van der Waals surface area contributed by atoms with Crippen molar-refractivity contribution in [1.29, 1.82) is 0 Å². The van der Waals surface area contributed by atoms with Crippen LogP contribution in [0.4, 0.5) is 0 Å². The minimum atomic E-state index is -0.405. The topological polar surface area (TPSA) is 67.2 Å². The molecule has 0 unspecified atom stereocenters. The molecule has 2 aromatic rings. The summed E-state index contributed by atoms with van der Waals surface area (Å²) in [5, 5.41) is 10.2. The highest BCUT2D eigenvalue weighted by molar-refractivity contribution is 5.83. The van der Waals surface area contributed by atoms with Crippen molar-refractivity contribution in [3.05, 3.63) is 52.9 Å². The van der Waals surface area contributed by atoms with Crippen LogP contribution >= 0.6 is 0 Å². The molecule has 1 aromatic heterocycles. The Bertz CT molecular complexity index is 601. The van der Waals surface area contributed by atoms with Crippen LogP contribution in [-0.4, -0.2) is 17.1 Å². The third-order valence-electron chi connectivity index (χ3n) is 3.49. The van der Waals surface area contributed by atoms with Crippen molar-refractivity contribution in [2.75, 3.05) is 0 Å². The average molecular weight is 301 g/mol. The summed E-state index contributed by atoms with van der Waals surface area (Å²) in [6.45, 7) is 8.22. The fourth-order valence-electron chi connectivity index (χ4n) is 2.33. The molecule has 0 aliphatic rings. The summed E-state index contributed by atoms with van der Waals surface area (Å²) < 4.78 is 5.17. The second-order valence-electron chi connectivity index (χ2n) is 5.69. The summed E-state index contributed by atoms with van der Waals surface area (Å²) in [5.41, 5.74) is 2.78. The molecule has 0 aliphatic heterocycles. The van der Waals surface area contributed by atoms with Crippen molar-refractivity contribution in [2.24, 2.45) is 0 Å². The van der Waals surface area contributed by atoms with E-state index in [0.29, 0.717) is 6.54 Å². The minimum Gasteiger partial charge on any atom is -0.361 e. The third kappa shape index (κ3) is 3.95. The van der Waals surface area contributed by atoms with Gasteiger partial charge in [-0.3, -0.25) is 10.1 Å². The maximum absolute atomic E-state index is 12.5. The van der Waals surface area contributed by atoms with Gasteiger partial charge in [-0.2, -0.15) is 0 Å². The van der Waals surface area contributed by atoms with Gasteiger partial charge in [-0.15, -0.1) is 0 Å². The first kappa shape index (κ1) is 16.2. The van der Waals surface area contributed by atoms with E-state index in [-0.39, 0.29) is 11.9 Å². The summed E-state index contributed by atoms with van der Waals surface area (Å²) in [5.74, 6) is 0.744. The molecule has 0 fully saturated rings. The molecule has 0 spiro atoms. The number of nitrogens with zero attached hydrogens (tertiary/aromatic N) is 1. The summed E-state index contributed by atoms with van der Waals surface area (Å²) in [7, 11) is 0. The summed E-state index contributed by atoms with van der Waals surface area (Å²) in [6, 6.07) is 9.40. The van der Waals surface area contributed by atoms with Gasteiger partial charge in [0.2, 0.25) is 5.91 Å². The van der Waals surface area contributed by atoms with E-state index in [1.807, 2.05) is 58.0 Å². The Balaban J connectivity index is 2.16. The van der Waals surface area contributed by atoms with E-state index in [1.165, 1.54) is 0 Å². The lowest BCUT2D eigenvalue weighted by Gasteiger charge is -2.20. The first-order valence-corrected chi connectivity index (χ1v) is 7.49. The van der Waals surface area contributed by atoms with Gasteiger partial charge in [0.25, 0.3) is 0 Å². The number of hydrogen-bond acceptors (Lipinski definition) is 4. The molecule has 22 heavy (non-hydrogen) atoms. The fourth-order valence-corrected chi connectivity index (χ4v) is 2.33. The van der Waals surface area contributed by atoms with E-state index in [4.69, 9.17) is 4.52 Å². The smallest absolute Gasteiger partial charge is 0.241 e. The molecule has 0 bridgehead atoms. The van der Waals surface area contributed by atoms with Gasteiger partial charge in [-0.25, -0.2) is 0 Å². The van der Waals surface area contributed by atoms with Crippen LogP contribution in [0.25, 0.3) is 0 Å². The maximum Gasteiger partial charge on any atom is 0.241 e. The van der Waals surface area contributed by atoms with Crippen molar-refractivity contribution in [2.45, 2.75) is 46.3 Å². The van der Waals surface area contributed by atoms with Crippen LogP contribution in [0.1, 0.15) is 42.5 Å². The molecular formula is C17H23N3O2. The van der Waals surface area contributed by atoms with Crippen molar-refractivity contribution in [3.63, 3.8) is 0 Å². The number of aryl methyl sites for hydroxylation is 2. The van der Waals surface area contributed by atoms with Crippen LogP contribution < -0.4 is 10.6 Å². The molecule has 2 rings (SSSR count). The maximum atomic E-state index is 12.5. The first-order valence-electron chi connectivity index (χ1n) is 7.49. The quantitative estimate of drug-likeness (QED) is 0.861. The lowest BCUT2D eigenvalue weighted by Crippen LogP contribution is -2.40. The Hall–Kier alpha value is -2.14. The first-order chi connectivity index (χ1) is 10.5. The highest BCUT2D eigenvalue weighted by Crippen LogP contribution is 2.17. The van der Waals surface area contributed by atoms with Crippen molar-refractivity contribution in [1.82, 2.24) is 15.8 Å². The van der Waals surface area contributed by atoms with E-state index in [0.717, 1.165) is 22.6 Å². The minimum absolute atomic E-state index is 0.0343. The second-order valence-corrected chi connectivity index (χ2v) is 5.69. The summed E-state index contributed by atoms with van der Waals surface area (Å²) >= 11 is 0. The van der Waals surface area contributed by atoms with Crippen LogP contribution in [0.3, 0.4) is 0 Å². The van der Waals surface area contributed by atoms with Gasteiger partial charge in [-0.05, 0) is 33.3 Å². The van der Waals surface area contributed by atoms with Gasteiger partial charge >= 0.3 is 0 Å². The van der Waals surface area contributed by atoms with E-state index in [9.17, 15) is 4.79 Å². The molecule has 5 nitrogen and oxygen atoms in total. The van der Waals surface area contributed by atoms with E-state index >= 15 is 0 Å². The molecule has 1 amide bonds. The number of carbonyl (C=O) groups is 1. The van der Waals surface area contributed by atoms with Crippen LogP contribution in [0, 0.1) is 13.8 Å². The number of benzene rings is 1. The number of hydrogen-bond donors (Lipinski definition) is 2. The Morgan fingerprint density at radius 2 is 1.91 bits per heavy atom. The highest BCUT2D eigenvalue weighted by Gasteiger charge is 2.21. The molecule has 0 saturated carbocycles. The number of nitrogens with one attached hydrogen (secondary N) is 2. The van der Waals surface area contributed by atoms with Crippen molar-refractivity contribution < 1.29 is 9.32 Å². The largest absolute Gasteiger partial charge is 0.361 e. The van der Waals surface area contributed by atoms with Crippen LogP contribution in [-0.2, 0) is 11.3 Å². The molecular weight excluding hydrogens is 278 g/mol. The number of amides is 1. The molecule has 118 valence electrons.